The highest BCUT2D eigenvalue weighted by Gasteiger charge is 2.32. The van der Waals surface area contributed by atoms with Crippen LogP contribution in [0.15, 0.2) is 36.7 Å². The highest BCUT2D eigenvalue weighted by atomic mass is 35.5. The average Bonchev–Trinajstić information content (AvgIpc) is 3.19. The Morgan fingerprint density at radius 3 is 2.57 bits per heavy atom. The Labute approximate surface area is 216 Å². The molecule has 1 aromatic carbocycles. The number of aliphatic carboxylic acids is 1. The molecular formula is C25H27ClF3N3O5. The molecule has 0 saturated heterocycles. The number of ether oxygens (including phenoxy) is 3. The number of nitrogens with zero attached hydrogens (tertiary/aromatic N) is 3. The van der Waals surface area contributed by atoms with Gasteiger partial charge in [-0.2, -0.15) is 13.2 Å². The summed E-state index contributed by atoms with van der Waals surface area (Å²) in [6.07, 6.45) is -1.60. The molecule has 0 atom stereocenters. The van der Waals surface area contributed by atoms with Gasteiger partial charge in [0.05, 0.1) is 24.7 Å². The van der Waals surface area contributed by atoms with Crippen molar-refractivity contribution in [2.75, 3.05) is 6.61 Å². The fraction of sp³-hybridized carbons (Fsp3) is 0.400. The average molecular weight is 542 g/mol. The number of pyridine rings is 1. The molecule has 3 aromatic rings. The highest BCUT2D eigenvalue weighted by Crippen LogP contribution is 2.36. The molecule has 37 heavy (non-hydrogen) atoms. The normalized spacial score (nSPS) is 11.6. The fourth-order valence-electron chi connectivity index (χ4n) is 3.39. The second-order valence-corrected chi connectivity index (χ2v) is 8.79. The third-order valence-electron chi connectivity index (χ3n) is 5.05. The van der Waals surface area contributed by atoms with Crippen molar-refractivity contribution in [3.8, 4) is 23.3 Å². The van der Waals surface area contributed by atoms with Crippen molar-refractivity contribution in [3.05, 3.63) is 58.4 Å². The van der Waals surface area contributed by atoms with E-state index in [0.29, 0.717) is 42.6 Å². The third kappa shape index (κ3) is 8.01. The zero-order valence-electron chi connectivity index (χ0n) is 20.5. The second-order valence-electron chi connectivity index (χ2n) is 8.38. The number of aromatic nitrogens is 3. The van der Waals surface area contributed by atoms with E-state index >= 15 is 0 Å². The van der Waals surface area contributed by atoms with E-state index in [0.717, 1.165) is 11.6 Å². The number of carboxylic acids is 1. The first-order valence-corrected chi connectivity index (χ1v) is 11.9. The van der Waals surface area contributed by atoms with Crippen LogP contribution in [0.5, 0.6) is 23.3 Å². The van der Waals surface area contributed by atoms with E-state index in [1.54, 1.807) is 29.1 Å². The molecule has 2 aromatic heterocycles. The molecule has 0 amide bonds. The van der Waals surface area contributed by atoms with Gasteiger partial charge >= 0.3 is 12.1 Å². The van der Waals surface area contributed by atoms with Crippen LogP contribution in [-0.4, -0.2) is 38.6 Å². The second kappa shape index (κ2) is 12.2. The van der Waals surface area contributed by atoms with Crippen molar-refractivity contribution in [2.45, 2.75) is 58.9 Å². The van der Waals surface area contributed by atoms with Gasteiger partial charge in [0.2, 0.25) is 11.8 Å². The van der Waals surface area contributed by atoms with Gasteiger partial charge in [0.15, 0.2) is 0 Å². The van der Waals surface area contributed by atoms with Crippen LogP contribution < -0.4 is 14.2 Å². The first-order valence-electron chi connectivity index (χ1n) is 11.6. The van der Waals surface area contributed by atoms with Gasteiger partial charge in [-0.15, -0.1) is 5.10 Å². The monoisotopic (exact) mass is 541 g/mol. The smallest absolute Gasteiger partial charge is 0.417 e. The number of alkyl halides is 3. The minimum atomic E-state index is -4.58. The lowest BCUT2D eigenvalue weighted by Crippen LogP contribution is -2.07. The van der Waals surface area contributed by atoms with Crippen LogP contribution in [0.25, 0.3) is 0 Å². The van der Waals surface area contributed by atoms with Crippen molar-refractivity contribution in [2.24, 2.45) is 0 Å². The molecule has 0 bridgehead atoms. The maximum Gasteiger partial charge on any atom is 0.417 e. The van der Waals surface area contributed by atoms with Gasteiger partial charge in [0, 0.05) is 30.6 Å². The molecule has 8 nitrogen and oxygen atoms in total. The maximum atomic E-state index is 13.0. The number of rotatable bonds is 12. The Balaban J connectivity index is 1.74. The number of aryl methyl sites for hydroxylation is 2. The summed E-state index contributed by atoms with van der Waals surface area (Å²) in [5.41, 5.74) is 0.228. The Morgan fingerprint density at radius 2 is 1.95 bits per heavy atom. The number of hydrogen-bond acceptors (Lipinski definition) is 6. The van der Waals surface area contributed by atoms with Crippen LogP contribution in [0, 0.1) is 0 Å². The predicted molar refractivity (Wildman–Crippen MR) is 130 cm³/mol. The summed E-state index contributed by atoms with van der Waals surface area (Å²) in [4.78, 5) is 14.9. The standard InChI is InChI=1S/C25H27ClF3N3O5/c1-4-32-14-17(10-22(33)34)23(31-32)35-9-5-6-16-7-8-19(36-15(2)3)12-21(16)37-24-20(26)11-18(13-30-24)25(27,28)29/h7-8,11-15H,4-6,9-10H2,1-3H3,(H,33,34). The summed E-state index contributed by atoms with van der Waals surface area (Å²) in [5, 5.41) is 13.1. The topological polar surface area (TPSA) is 95.7 Å². The van der Waals surface area contributed by atoms with E-state index < -0.39 is 17.7 Å². The van der Waals surface area contributed by atoms with Crippen LogP contribution in [0.3, 0.4) is 0 Å². The Bertz CT molecular complexity index is 1230. The van der Waals surface area contributed by atoms with E-state index in [1.165, 1.54) is 0 Å². The molecule has 2 heterocycles. The SMILES string of the molecule is CCn1cc(CC(=O)O)c(OCCCc2ccc(OC(C)C)cc2Oc2ncc(C(F)(F)F)cc2Cl)n1. The summed E-state index contributed by atoms with van der Waals surface area (Å²) in [6, 6.07) is 5.93. The Hall–Kier alpha value is -3.47. The summed E-state index contributed by atoms with van der Waals surface area (Å²) in [7, 11) is 0. The lowest BCUT2D eigenvalue weighted by molar-refractivity contribution is -0.138. The fourth-order valence-corrected chi connectivity index (χ4v) is 3.59. The molecule has 0 aliphatic heterocycles. The van der Waals surface area contributed by atoms with E-state index in [4.69, 9.17) is 30.9 Å². The van der Waals surface area contributed by atoms with E-state index in [1.807, 2.05) is 20.8 Å². The number of hydrogen-bond donors (Lipinski definition) is 1. The van der Waals surface area contributed by atoms with Crippen molar-refractivity contribution in [3.63, 3.8) is 0 Å². The molecule has 3 rings (SSSR count). The van der Waals surface area contributed by atoms with Crippen LogP contribution >= 0.6 is 11.6 Å². The third-order valence-corrected chi connectivity index (χ3v) is 5.32. The van der Waals surface area contributed by atoms with Gasteiger partial charge in [-0.3, -0.25) is 9.48 Å². The summed E-state index contributed by atoms with van der Waals surface area (Å²) in [5.74, 6) is -0.0495. The van der Waals surface area contributed by atoms with Crippen LogP contribution in [0.1, 0.15) is 43.9 Å². The zero-order chi connectivity index (χ0) is 27.2. The molecule has 0 spiro atoms. The quantitative estimate of drug-likeness (QED) is 0.273. The van der Waals surface area contributed by atoms with Gasteiger partial charge in [-0.1, -0.05) is 17.7 Å². The highest BCUT2D eigenvalue weighted by molar-refractivity contribution is 6.31. The van der Waals surface area contributed by atoms with Gasteiger partial charge in [-0.05, 0) is 51.3 Å². The van der Waals surface area contributed by atoms with Crippen molar-refractivity contribution in [1.29, 1.82) is 0 Å². The van der Waals surface area contributed by atoms with Gasteiger partial charge in [0.1, 0.15) is 16.5 Å². The number of halogens is 4. The van der Waals surface area contributed by atoms with Gasteiger partial charge in [0.25, 0.3) is 0 Å². The molecule has 0 saturated carbocycles. The van der Waals surface area contributed by atoms with Crippen LogP contribution in [-0.2, 0) is 30.4 Å². The summed E-state index contributed by atoms with van der Waals surface area (Å²) >= 11 is 6.03. The summed E-state index contributed by atoms with van der Waals surface area (Å²) < 4.78 is 57.8. The molecule has 0 aliphatic carbocycles. The van der Waals surface area contributed by atoms with Crippen molar-refractivity contribution >= 4 is 17.6 Å². The van der Waals surface area contributed by atoms with Gasteiger partial charge in [-0.25, -0.2) is 4.98 Å². The minimum Gasteiger partial charge on any atom is -0.491 e. The zero-order valence-corrected chi connectivity index (χ0v) is 21.3. The first kappa shape index (κ1) is 28.1. The maximum absolute atomic E-state index is 13.0. The predicted octanol–water partition coefficient (Wildman–Crippen LogP) is 6.19. The molecule has 1 N–H and O–H groups in total. The molecule has 200 valence electrons. The molecule has 0 fully saturated rings. The van der Waals surface area contributed by atoms with E-state index in [9.17, 15) is 18.0 Å². The number of carboxylic acid groups (broad SMARTS) is 1. The molecule has 0 aliphatic rings. The minimum absolute atomic E-state index is 0.109. The Kier molecular flexibility index (Phi) is 9.25. The molecule has 0 unspecified atom stereocenters. The van der Waals surface area contributed by atoms with Crippen molar-refractivity contribution < 1.29 is 37.3 Å². The van der Waals surface area contributed by atoms with E-state index in [-0.39, 0.29) is 35.9 Å². The van der Waals surface area contributed by atoms with Crippen LogP contribution in [0.4, 0.5) is 13.2 Å². The lowest BCUT2D eigenvalue weighted by atomic mass is 10.1. The van der Waals surface area contributed by atoms with Crippen LogP contribution in [0.2, 0.25) is 5.02 Å². The molecule has 12 heteroatoms. The molecular weight excluding hydrogens is 515 g/mol. The van der Waals surface area contributed by atoms with Gasteiger partial charge < -0.3 is 19.3 Å². The number of carbonyl (C=O) groups is 1. The lowest BCUT2D eigenvalue weighted by Gasteiger charge is -2.16. The largest absolute Gasteiger partial charge is 0.491 e. The number of benzene rings is 1. The molecule has 0 radical (unpaired) electrons. The first-order chi connectivity index (χ1) is 17.5. The van der Waals surface area contributed by atoms with Crippen molar-refractivity contribution in [1.82, 2.24) is 14.8 Å². The Morgan fingerprint density at radius 1 is 1.19 bits per heavy atom. The van der Waals surface area contributed by atoms with E-state index in [2.05, 4.69) is 10.1 Å². The summed E-state index contributed by atoms with van der Waals surface area (Å²) in [6.45, 7) is 6.42.